The second-order valence-corrected chi connectivity index (χ2v) is 5.58. The molecule has 0 bridgehead atoms. The molecule has 2 N–H and O–H groups in total. The molecule has 0 unspecified atom stereocenters. The van der Waals surface area contributed by atoms with Crippen molar-refractivity contribution in [1.29, 1.82) is 0 Å². The van der Waals surface area contributed by atoms with Crippen LogP contribution in [0.4, 0.5) is 13.2 Å². The van der Waals surface area contributed by atoms with Crippen molar-refractivity contribution in [3.05, 3.63) is 16.1 Å². The summed E-state index contributed by atoms with van der Waals surface area (Å²) < 4.78 is 37.3. The Labute approximate surface area is 126 Å². The van der Waals surface area contributed by atoms with Crippen molar-refractivity contribution in [2.75, 3.05) is 34.2 Å². The lowest BCUT2D eigenvalue weighted by Crippen LogP contribution is -2.38. The van der Waals surface area contributed by atoms with E-state index in [1.54, 1.807) is 7.05 Å². The first-order chi connectivity index (χ1) is 9.82. The van der Waals surface area contributed by atoms with Gasteiger partial charge in [0, 0.05) is 19.0 Å². The third kappa shape index (κ3) is 6.76. The molecule has 0 aliphatic carbocycles. The highest BCUT2D eigenvalue weighted by Crippen LogP contribution is 2.29. The lowest BCUT2D eigenvalue weighted by molar-refractivity contribution is -0.140. The summed E-state index contributed by atoms with van der Waals surface area (Å²) in [6.45, 7) is 1.91. The molecule has 0 radical (unpaired) electrons. The molecule has 1 aromatic heterocycles. The number of halogens is 3. The van der Waals surface area contributed by atoms with E-state index in [0.29, 0.717) is 11.0 Å². The molecule has 1 rings (SSSR count). The van der Waals surface area contributed by atoms with Gasteiger partial charge in [0.25, 0.3) is 0 Å². The molecule has 0 saturated heterocycles. The van der Waals surface area contributed by atoms with Crippen LogP contribution in [0.3, 0.4) is 0 Å². The SMILES string of the molecule is CN=C(NCCCN(C)C)NCc1nc(C(F)(F)F)cs1. The first-order valence-corrected chi connectivity index (χ1v) is 7.31. The van der Waals surface area contributed by atoms with Crippen LogP contribution >= 0.6 is 11.3 Å². The summed E-state index contributed by atoms with van der Waals surface area (Å²) in [6.07, 6.45) is -3.44. The van der Waals surface area contributed by atoms with Crippen LogP contribution in [0.1, 0.15) is 17.1 Å². The minimum absolute atomic E-state index is 0.216. The molecule has 5 nitrogen and oxygen atoms in total. The summed E-state index contributed by atoms with van der Waals surface area (Å²) in [4.78, 5) is 9.64. The zero-order valence-corrected chi connectivity index (χ0v) is 13.1. The summed E-state index contributed by atoms with van der Waals surface area (Å²) >= 11 is 0.978. The van der Waals surface area contributed by atoms with Gasteiger partial charge in [-0.1, -0.05) is 0 Å². The van der Waals surface area contributed by atoms with Crippen LogP contribution < -0.4 is 10.6 Å². The van der Waals surface area contributed by atoms with Crippen molar-refractivity contribution >= 4 is 17.3 Å². The Balaban J connectivity index is 2.37. The van der Waals surface area contributed by atoms with Crippen molar-refractivity contribution in [1.82, 2.24) is 20.5 Å². The zero-order valence-electron chi connectivity index (χ0n) is 12.3. The Morgan fingerprint density at radius 2 is 2.10 bits per heavy atom. The van der Waals surface area contributed by atoms with Gasteiger partial charge in [-0.25, -0.2) is 4.98 Å². The second-order valence-electron chi connectivity index (χ2n) is 4.63. The molecule has 1 aromatic rings. The fraction of sp³-hybridized carbons (Fsp3) is 0.667. The number of aliphatic imine (C=N–C) groups is 1. The van der Waals surface area contributed by atoms with Gasteiger partial charge in [-0.2, -0.15) is 13.2 Å². The molecule has 0 amide bonds. The number of nitrogens with zero attached hydrogens (tertiary/aromatic N) is 3. The van der Waals surface area contributed by atoms with Gasteiger partial charge in [-0.15, -0.1) is 11.3 Å². The number of aromatic nitrogens is 1. The Kier molecular flexibility index (Phi) is 6.90. The minimum atomic E-state index is -4.39. The first-order valence-electron chi connectivity index (χ1n) is 6.43. The van der Waals surface area contributed by atoms with Crippen molar-refractivity contribution in [2.24, 2.45) is 4.99 Å². The highest BCUT2D eigenvalue weighted by Gasteiger charge is 2.33. The van der Waals surface area contributed by atoms with Crippen LogP contribution in [0, 0.1) is 0 Å². The second kappa shape index (κ2) is 8.18. The maximum absolute atomic E-state index is 12.4. The maximum atomic E-state index is 12.4. The average Bonchev–Trinajstić information content (AvgIpc) is 2.86. The molecular weight excluding hydrogens is 303 g/mol. The number of hydrogen-bond acceptors (Lipinski definition) is 4. The monoisotopic (exact) mass is 323 g/mol. The van der Waals surface area contributed by atoms with Crippen LogP contribution in [0.5, 0.6) is 0 Å². The lowest BCUT2D eigenvalue weighted by atomic mass is 10.4. The highest BCUT2D eigenvalue weighted by molar-refractivity contribution is 7.09. The minimum Gasteiger partial charge on any atom is -0.356 e. The van der Waals surface area contributed by atoms with Crippen molar-refractivity contribution < 1.29 is 13.2 Å². The van der Waals surface area contributed by atoms with Gasteiger partial charge in [0.2, 0.25) is 0 Å². The Morgan fingerprint density at radius 3 is 2.62 bits per heavy atom. The third-order valence-electron chi connectivity index (χ3n) is 2.55. The normalized spacial score (nSPS) is 12.8. The average molecular weight is 323 g/mol. The van der Waals surface area contributed by atoms with E-state index in [2.05, 4.69) is 25.5 Å². The third-order valence-corrected chi connectivity index (χ3v) is 3.40. The predicted octanol–water partition coefficient (Wildman–Crippen LogP) is 1.78. The molecule has 0 aliphatic heterocycles. The van der Waals surface area contributed by atoms with E-state index in [-0.39, 0.29) is 6.54 Å². The number of alkyl halides is 3. The summed E-state index contributed by atoms with van der Waals surface area (Å²) in [5.74, 6) is 0.553. The summed E-state index contributed by atoms with van der Waals surface area (Å²) in [5, 5.41) is 7.44. The molecular formula is C12H20F3N5S. The molecule has 9 heteroatoms. The number of guanidine groups is 1. The van der Waals surface area contributed by atoms with Gasteiger partial charge < -0.3 is 15.5 Å². The fourth-order valence-corrected chi connectivity index (χ4v) is 2.24. The number of nitrogens with one attached hydrogen (secondary N) is 2. The molecule has 0 fully saturated rings. The number of thiazole rings is 1. The predicted molar refractivity (Wildman–Crippen MR) is 78.5 cm³/mol. The van der Waals surface area contributed by atoms with Gasteiger partial charge >= 0.3 is 6.18 Å². The van der Waals surface area contributed by atoms with Gasteiger partial charge in [0.05, 0.1) is 6.54 Å². The molecule has 120 valence electrons. The van der Waals surface area contributed by atoms with Crippen LogP contribution in [-0.4, -0.2) is 50.1 Å². The van der Waals surface area contributed by atoms with Crippen LogP contribution in [-0.2, 0) is 12.7 Å². The summed E-state index contributed by atoms with van der Waals surface area (Å²) in [5.41, 5.74) is -0.849. The first kappa shape index (κ1) is 17.7. The molecule has 0 saturated carbocycles. The Bertz CT molecular complexity index is 456. The molecule has 0 spiro atoms. The van der Waals surface area contributed by atoms with E-state index in [9.17, 15) is 13.2 Å². The number of rotatable bonds is 6. The Hall–Kier alpha value is -1.35. The van der Waals surface area contributed by atoms with Crippen molar-refractivity contribution in [3.63, 3.8) is 0 Å². The zero-order chi connectivity index (χ0) is 15.9. The van der Waals surface area contributed by atoms with Crippen LogP contribution in [0.15, 0.2) is 10.4 Å². The largest absolute Gasteiger partial charge is 0.434 e. The Morgan fingerprint density at radius 1 is 1.38 bits per heavy atom. The van der Waals surface area contributed by atoms with E-state index >= 15 is 0 Å². The topological polar surface area (TPSA) is 52.6 Å². The van der Waals surface area contributed by atoms with Crippen LogP contribution in [0.2, 0.25) is 0 Å². The maximum Gasteiger partial charge on any atom is 0.434 e. The van der Waals surface area contributed by atoms with E-state index in [0.717, 1.165) is 36.2 Å². The van der Waals surface area contributed by atoms with Crippen molar-refractivity contribution in [2.45, 2.75) is 19.1 Å². The fourth-order valence-electron chi connectivity index (χ4n) is 1.50. The molecule has 0 aliphatic rings. The van der Waals surface area contributed by atoms with Gasteiger partial charge in [0.15, 0.2) is 11.7 Å². The van der Waals surface area contributed by atoms with E-state index in [4.69, 9.17) is 0 Å². The summed E-state index contributed by atoms with van der Waals surface area (Å²) in [7, 11) is 5.60. The standard InChI is InChI=1S/C12H20F3N5S/c1-16-11(17-5-4-6-20(2)3)18-7-10-19-9(8-21-10)12(13,14)15/h8H,4-7H2,1-3H3,(H2,16,17,18). The number of hydrogen-bond donors (Lipinski definition) is 2. The molecule has 21 heavy (non-hydrogen) atoms. The van der Waals surface area contributed by atoms with E-state index < -0.39 is 11.9 Å². The molecule has 1 heterocycles. The lowest BCUT2D eigenvalue weighted by Gasteiger charge is -2.12. The van der Waals surface area contributed by atoms with E-state index in [1.807, 2.05) is 14.1 Å². The quantitative estimate of drug-likeness (QED) is 0.476. The van der Waals surface area contributed by atoms with Gasteiger partial charge in [-0.05, 0) is 27.1 Å². The molecule has 0 atom stereocenters. The van der Waals surface area contributed by atoms with Crippen molar-refractivity contribution in [3.8, 4) is 0 Å². The summed E-state index contributed by atoms with van der Waals surface area (Å²) in [6, 6.07) is 0. The molecule has 0 aromatic carbocycles. The van der Waals surface area contributed by atoms with Crippen LogP contribution in [0.25, 0.3) is 0 Å². The smallest absolute Gasteiger partial charge is 0.356 e. The van der Waals surface area contributed by atoms with Gasteiger partial charge in [0.1, 0.15) is 5.01 Å². The van der Waals surface area contributed by atoms with Gasteiger partial charge in [-0.3, -0.25) is 4.99 Å². The highest BCUT2D eigenvalue weighted by atomic mass is 32.1. The van der Waals surface area contributed by atoms with E-state index in [1.165, 1.54) is 0 Å².